The highest BCUT2D eigenvalue weighted by atomic mass is 16.7. The van der Waals surface area contributed by atoms with Gasteiger partial charge in [0, 0.05) is 6.08 Å². The average molecular weight is 326 g/mol. The number of ether oxygens (including phenoxy) is 2. The van der Waals surface area contributed by atoms with Crippen molar-refractivity contribution in [2.24, 2.45) is 0 Å². The van der Waals surface area contributed by atoms with Crippen LogP contribution in [0.2, 0.25) is 0 Å². The SMILES string of the molecule is O=C(O)/C=C/c1ccc(O[C@@H]2OC(CO)[C@H](O)[C@H](O)C2O)cc1. The Morgan fingerprint density at radius 2 is 1.78 bits per heavy atom. The lowest BCUT2D eigenvalue weighted by Gasteiger charge is -2.39. The van der Waals surface area contributed by atoms with Crippen molar-refractivity contribution in [2.45, 2.75) is 30.7 Å². The minimum atomic E-state index is -1.51. The van der Waals surface area contributed by atoms with Crippen LogP contribution in [0.3, 0.4) is 0 Å². The van der Waals surface area contributed by atoms with E-state index in [-0.39, 0.29) is 0 Å². The lowest BCUT2D eigenvalue weighted by Crippen LogP contribution is -2.60. The highest BCUT2D eigenvalue weighted by Gasteiger charge is 2.44. The summed E-state index contributed by atoms with van der Waals surface area (Å²) in [6.45, 7) is -0.538. The molecule has 1 aromatic carbocycles. The zero-order valence-electron chi connectivity index (χ0n) is 12.0. The maximum Gasteiger partial charge on any atom is 0.328 e. The lowest BCUT2D eigenvalue weighted by atomic mass is 9.99. The molecule has 126 valence electrons. The van der Waals surface area contributed by atoms with Gasteiger partial charge in [0.15, 0.2) is 0 Å². The molecule has 0 radical (unpaired) electrons. The summed E-state index contributed by atoms with van der Waals surface area (Å²) in [4.78, 5) is 10.4. The normalized spacial score (nSPS) is 31.2. The zero-order chi connectivity index (χ0) is 17.0. The van der Waals surface area contributed by atoms with Crippen molar-refractivity contribution in [3.63, 3.8) is 0 Å². The first-order valence-electron chi connectivity index (χ1n) is 6.90. The lowest BCUT2D eigenvalue weighted by molar-refractivity contribution is -0.277. The van der Waals surface area contributed by atoms with E-state index in [1.165, 1.54) is 18.2 Å². The van der Waals surface area contributed by atoms with E-state index >= 15 is 0 Å². The van der Waals surface area contributed by atoms with Crippen LogP contribution < -0.4 is 4.74 Å². The largest absolute Gasteiger partial charge is 0.478 e. The van der Waals surface area contributed by atoms with E-state index in [0.29, 0.717) is 11.3 Å². The molecular weight excluding hydrogens is 308 g/mol. The van der Waals surface area contributed by atoms with Crippen molar-refractivity contribution in [2.75, 3.05) is 6.61 Å². The number of carbonyl (C=O) groups is 1. The molecule has 5 N–H and O–H groups in total. The van der Waals surface area contributed by atoms with Gasteiger partial charge in [-0.1, -0.05) is 12.1 Å². The van der Waals surface area contributed by atoms with Gasteiger partial charge in [0.1, 0.15) is 30.2 Å². The van der Waals surface area contributed by atoms with Crippen LogP contribution in [0.1, 0.15) is 5.56 Å². The smallest absolute Gasteiger partial charge is 0.328 e. The number of carboxylic acid groups (broad SMARTS) is 1. The predicted molar refractivity (Wildman–Crippen MR) is 77.5 cm³/mol. The Morgan fingerprint density at radius 1 is 1.13 bits per heavy atom. The van der Waals surface area contributed by atoms with Crippen LogP contribution in [-0.4, -0.2) is 68.8 Å². The van der Waals surface area contributed by atoms with Gasteiger partial charge in [-0.05, 0) is 23.8 Å². The second kappa shape index (κ2) is 7.53. The predicted octanol–water partition coefficient (Wildman–Crippen LogP) is -1.04. The van der Waals surface area contributed by atoms with Gasteiger partial charge in [-0.2, -0.15) is 0 Å². The Bertz CT molecular complexity index is 553. The highest BCUT2D eigenvalue weighted by Crippen LogP contribution is 2.24. The summed E-state index contributed by atoms with van der Waals surface area (Å²) in [6.07, 6.45) is -4.35. The van der Waals surface area contributed by atoms with Crippen LogP contribution in [0.4, 0.5) is 0 Å². The van der Waals surface area contributed by atoms with E-state index < -0.39 is 43.3 Å². The van der Waals surface area contributed by atoms with Crippen LogP contribution in [0.5, 0.6) is 5.75 Å². The number of carboxylic acids is 1. The van der Waals surface area contributed by atoms with Gasteiger partial charge in [-0.3, -0.25) is 0 Å². The van der Waals surface area contributed by atoms with Gasteiger partial charge in [0.25, 0.3) is 0 Å². The average Bonchev–Trinajstić information content (AvgIpc) is 2.54. The first-order valence-corrected chi connectivity index (χ1v) is 6.90. The van der Waals surface area contributed by atoms with Crippen LogP contribution in [-0.2, 0) is 9.53 Å². The summed E-state index contributed by atoms with van der Waals surface area (Å²) in [5.74, 6) is -0.756. The summed E-state index contributed by atoms with van der Waals surface area (Å²) in [6, 6.07) is 6.25. The van der Waals surface area contributed by atoms with Crippen LogP contribution in [0, 0.1) is 0 Å². The Hall–Kier alpha value is -1.97. The van der Waals surface area contributed by atoms with Crippen molar-refractivity contribution in [1.82, 2.24) is 0 Å². The molecule has 2 unspecified atom stereocenters. The minimum Gasteiger partial charge on any atom is -0.478 e. The molecule has 0 amide bonds. The first-order chi connectivity index (χ1) is 10.9. The fraction of sp³-hybridized carbons (Fsp3) is 0.400. The topological polar surface area (TPSA) is 137 Å². The third kappa shape index (κ3) is 4.27. The summed E-state index contributed by atoms with van der Waals surface area (Å²) < 4.78 is 10.6. The summed E-state index contributed by atoms with van der Waals surface area (Å²) in [7, 11) is 0. The van der Waals surface area contributed by atoms with Crippen LogP contribution in [0.15, 0.2) is 30.3 Å². The second-order valence-electron chi connectivity index (χ2n) is 5.06. The molecule has 1 heterocycles. The van der Waals surface area contributed by atoms with Crippen LogP contribution >= 0.6 is 0 Å². The molecule has 0 bridgehead atoms. The number of hydrogen-bond donors (Lipinski definition) is 5. The molecule has 1 saturated heterocycles. The number of hydrogen-bond acceptors (Lipinski definition) is 7. The van der Waals surface area contributed by atoms with Crippen molar-refractivity contribution < 1.29 is 39.8 Å². The Labute approximate surface area is 131 Å². The summed E-state index contributed by atoms with van der Waals surface area (Å²) in [5, 5.41) is 46.9. The fourth-order valence-electron chi connectivity index (χ4n) is 2.12. The molecule has 23 heavy (non-hydrogen) atoms. The Morgan fingerprint density at radius 3 is 2.35 bits per heavy atom. The molecular formula is C15H18O8. The van der Waals surface area contributed by atoms with Crippen molar-refractivity contribution in [1.29, 1.82) is 0 Å². The monoisotopic (exact) mass is 326 g/mol. The first kappa shape index (κ1) is 17.4. The summed E-state index contributed by atoms with van der Waals surface area (Å²) >= 11 is 0. The third-order valence-corrected chi connectivity index (χ3v) is 3.40. The number of aliphatic hydroxyl groups excluding tert-OH is 4. The molecule has 0 saturated carbocycles. The van der Waals surface area contributed by atoms with Gasteiger partial charge in [0.2, 0.25) is 6.29 Å². The molecule has 0 aliphatic carbocycles. The van der Waals surface area contributed by atoms with E-state index in [1.54, 1.807) is 12.1 Å². The van der Waals surface area contributed by atoms with Gasteiger partial charge in [-0.25, -0.2) is 4.79 Å². The number of aliphatic hydroxyl groups is 4. The van der Waals surface area contributed by atoms with Gasteiger partial charge >= 0.3 is 5.97 Å². The molecule has 8 heteroatoms. The molecule has 0 aromatic heterocycles. The quantitative estimate of drug-likeness (QED) is 0.433. The van der Waals surface area contributed by atoms with Crippen molar-refractivity contribution in [3.8, 4) is 5.75 Å². The van der Waals surface area contributed by atoms with Crippen molar-refractivity contribution in [3.05, 3.63) is 35.9 Å². The molecule has 1 aliphatic heterocycles. The molecule has 1 aliphatic rings. The Kier molecular flexibility index (Phi) is 5.69. The number of aliphatic carboxylic acids is 1. The standard InChI is InChI=1S/C15H18O8/c16-7-10-12(19)13(20)14(21)15(23-10)22-9-4-1-8(2-5-9)3-6-11(17)18/h1-6,10,12-16,19-21H,7H2,(H,17,18)/b6-3+/t10?,12-,13-,14?,15+/m0/s1. The summed E-state index contributed by atoms with van der Waals surface area (Å²) in [5.41, 5.74) is 0.633. The van der Waals surface area contributed by atoms with Crippen molar-refractivity contribution >= 4 is 12.0 Å². The molecule has 1 aromatic rings. The molecule has 5 atom stereocenters. The Balaban J connectivity index is 2.04. The van der Waals surface area contributed by atoms with Crippen LogP contribution in [0.25, 0.3) is 6.08 Å². The minimum absolute atomic E-state index is 0.307. The molecule has 0 spiro atoms. The highest BCUT2D eigenvalue weighted by molar-refractivity contribution is 5.85. The van der Waals surface area contributed by atoms with E-state index in [0.717, 1.165) is 6.08 Å². The third-order valence-electron chi connectivity index (χ3n) is 3.40. The molecule has 8 nitrogen and oxygen atoms in total. The zero-order valence-corrected chi connectivity index (χ0v) is 12.0. The van der Waals surface area contributed by atoms with Gasteiger partial charge in [0.05, 0.1) is 6.61 Å². The molecule has 1 fully saturated rings. The second-order valence-corrected chi connectivity index (χ2v) is 5.06. The van der Waals surface area contributed by atoms with E-state index in [2.05, 4.69) is 0 Å². The number of benzene rings is 1. The van der Waals surface area contributed by atoms with E-state index in [4.69, 9.17) is 19.7 Å². The maximum atomic E-state index is 10.4. The van der Waals surface area contributed by atoms with E-state index in [9.17, 15) is 20.1 Å². The van der Waals surface area contributed by atoms with Gasteiger partial charge in [-0.15, -0.1) is 0 Å². The molecule has 2 rings (SSSR count). The van der Waals surface area contributed by atoms with E-state index in [1.807, 2.05) is 0 Å². The number of rotatable bonds is 5. The maximum absolute atomic E-state index is 10.4. The van der Waals surface area contributed by atoms with Gasteiger partial charge < -0.3 is 35.0 Å². The fourth-order valence-corrected chi connectivity index (χ4v) is 2.12.